The van der Waals surface area contributed by atoms with Crippen molar-refractivity contribution in [2.45, 2.75) is 0 Å². The zero-order valence-electron chi connectivity index (χ0n) is 11.7. The molecule has 3 heterocycles. The Bertz CT molecular complexity index is 585. The molecule has 112 valence electrons. The van der Waals surface area contributed by atoms with Crippen LogP contribution in [0.5, 0.6) is 0 Å². The van der Waals surface area contributed by atoms with Crippen LogP contribution in [0.25, 0.3) is 11.5 Å². The van der Waals surface area contributed by atoms with E-state index in [-0.39, 0.29) is 12.5 Å². The van der Waals surface area contributed by atoms with Crippen molar-refractivity contribution < 1.29 is 14.3 Å². The SMILES string of the molecule is O=C(c1cc(-c2ccco2)[nH]n1)N1CCN(CCO)CC1. The van der Waals surface area contributed by atoms with Crippen LogP contribution in [0.15, 0.2) is 28.9 Å². The number of H-pyrrole nitrogens is 1. The van der Waals surface area contributed by atoms with E-state index >= 15 is 0 Å². The molecule has 1 fully saturated rings. The molecule has 1 aliphatic rings. The summed E-state index contributed by atoms with van der Waals surface area (Å²) in [6, 6.07) is 5.31. The van der Waals surface area contributed by atoms with Crippen LogP contribution in [0, 0.1) is 0 Å². The molecule has 0 radical (unpaired) electrons. The number of nitrogens with one attached hydrogen (secondary N) is 1. The summed E-state index contributed by atoms with van der Waals surface area (Å²) in [4.78, 5) is 16.3. The van der Waals surface area contributed by atoms with E-state index in [1.807, 2.05) is 6.07 Å². The standard InChI is InChI=1S/C14H18N4O3/c19-8-7-17-3-5-18(6-4-17)14(20)12-10-11(15-16-12)13-2-1-9-21-13/h1-2,9-10,19H,3-8H2,(H,15,16). The lowest BCUT2D eigenvalue weighted by Crippen LogP contribution is -2.49. The van der Waals surface area contributed by atoms with Gasteiger partial charge in [0.2, 0.25) is 0 Å². The zero-order chi connectivity index (χ0) is 14.7. The maximum atomic E-state index is 12.4. The Morgan fingerprint density at radius 2 is 2.19 bits per heavy atom. The third kappa shape index (κ3) is 2.98. The molecular formula is C14H18N4O3. The molecule has 3 rings (SSSR count). The summed E-state index contributed by atoms with van der Waals surface area (Å²) in [7, 11) is 0. The van der Waals surface area contributed by atoms with Gasteiger partial charge in [0.05, 0.1) is 12.9 Å². The van der Waals surface area contributed by atoms with Gasteiger partial charge in [-0.1, -0.05) is 0 Å². The average molecular weight is 290 g/mol. The quantitative estimate of drug-likeness (QED) is 0.852. The highest BCUT2D eigenvalue weighted by Gasteiger charge is 2.23. The Kier molecular flexibility index (Phi) is 4.03. The van der Waals surface area contributed by atoms with E-state index in [0.29, 0.717) is 36.8 Å². The van der Waals surface area contributed by atoms with Gasteiger partial charge >= 0.3 is 0 Å². The van der Waals surface area contributed by atoms with Gasteiger partial charge < -0.3 is 14.4 Å². The molecular weight excluding hydrogens is 272 g/mol. The van der Waals surface area contributed by atoms with Crippen LogP contribution in [-0.2, 0) is 0 Å². The number of β-amino-alcohol motifs (C(OH)–C–C–N with tert-alkyl or cyclic N) is 1. The Hall–Kier alpha value is -2.12. The molecule has 0 saturated carbocycles. The number of carbonyl (C=O) groups is 1. The smallest absolute Gasteiger partial charge is 0.274 e. The number of piperazine rings is 1. The van der Waals surface area contributed by atoms with Crippen molar-refractivity contribution in [3.8, 4) is 11.5 Å². The summed E-state index contributed by atoms with van der Waals surface area (Å²) < 4.78 is 5.27. The molecule has 1 saturated heterocycles. The first kappa shape index (κ1) is 13.8. The van der Waals surface area contributed by atoms with E-state index in [1.165, 1.54) is 0 Å². The summed E-state index contributed by atoms with van der Waals surface area (Å²) >= 11 is 0. The molecule has 0 bridgehead atoms. The number of aliphatic hydroxyl groups excluding tert-OH is 1. The van der Waals surface area contributed by atoms with Crippen LogP contribution in [0.2, 0.25) is 0 Å². The molecule has 1 aliphatic heterocycles. The van der Waals surface area contributed by atoms with Gasteiger partial charge in [0.15, 0.2) is 11.5 Å². The molecule has 0 unspecified atom stereocenters. The van der Waals surface area contributed by atoms with Gasteiger partial charge in [-0.15, -0.1) is 0 Å². The molecule has 0 spiro atoms. The number of rotatable bonds is 4. The second kappa shape index (κ2) is 6.11. The van der Waals surface area contributed by atoms with Crippen LogP contribution in [0.3, 0.4) is 0 Å². The van der Waals surface area contributed by atoms with Gasteiger partial charge in [0, 0.05) is 38.8 Å². The normalized spacial score (nSPS) is 16.3. The monoisotopic (exact) mass is 290 g/mol. The first-order valence-corrected chi connectivity index (χ1v) is 6.99. The Morgan fingerprint density at radius 3 is 2.86 bits per heavy atom. The molecule has 2 aromatic rings. The second-order valence-electron chi connectivity index (χ2n) is 5.00. The first-order valence-electron chi connectivity index (χ1n) is 6.99. The van der Waals surface area contributed by atoms with Crippen molar-refractivity contribution in [1.82, 2.24) is 20.0 Å². The van der Waals surface area contributed by atoms with Crippen LogP contribution < -0.4 is 0 Å². The lowest BCUT2D eigenvalue weighted by atomic mass is 10.2. The summed E-state index contributed by atoms with van der Waals surface area (Å²) in [5.41, 5.74) is 1.10. The maximum absolute atomic E-state index is 12.4. The number of aromatic amines is 1. The fourth-order valence-corrected chi connectivity index (χ4v) is 2.47. The lowest BCUT2D eigenvalue weighted by molar-refractivity contribution is 0.0609. The van der Waals surface area contributed by atoms with Crippen molar-refractivity contribution in [3.63, 3.8) is 0 Å². The molecule has 2 aromatic heterocycles. The van der Waals surface area contributed by atoms with Crippen LogP contribution in [0.4, 0.5) is 0 Å². The lowest BCUT2D eigenvalue weighted by Gasteiger charge is -2.33. The third-order valence-electron chi connectivity index (χ3n) is 3.66. The van der Waals surface area contributed by atoms with Crippen LogP contribution >= 0.6 is 0 Å². The van der Waals surface area contributed by atoms with E-state index in [2.05, 4.69) is 15.1 Å². The topological polar surface area (TPSA) is 85.6 Å². The highest BCUT2D eigenvalue weighted by atomic mass is 16.3. The van der Waals surface area contributed by atoms with Crippen molar-refractivity contribution in [3.05, 3.63) is 30.2 Å². The summed E-state index contributed by atoms with van der Waals surface area (Å²) in [5, 5.41) is 15.8. The number of furan rings is 1. The van der Waals surface area contributed by atoms with Gasteiger partial charge in [0.25, 0.3) is 5.91 Å². The Morgan fingerprint density at radius 1 is 1.38 bits per heavy atom. The van der Waals surface area contributed by atoms with Gasteiger partial charge in [-0.05, 0) is 12.1 Å². The third-order valence-corrected chi connectivity index (χ3v) is 3.66. The Balaban J connectivity index is 1.64. The minimum Gasteiger partial charge on any atom is -0.463 e. The number of aromatic nitrogens is 2. The highest BCUT2D eigenvalue weighted by molar-refractivity contribution is 5.93. The molecule has 0 aromatic carbocycles. The number of amides is 1. The highest BCUT2D eigenvalue weighted by Crippen LogP contribution is 2.18. The fraction of sp³-hybridized carbons (Fsp3) is 0.429. The molecule has 7 nitrogen and oxygen atoms in total. The molecule has 0 aliphatic carbocycles. The van der Waals surface area contributed by atoms with Gasteiger partial charge in [-0.25, -0.2) is 0 Å². The number of aliphatic hydroxyl groups is 1. The van der Waals surface area contributed by atoms with Crippen molar-refractivity contribution in [2.24, 2.45) is 0 Å². The molecule has 1 amide bonds. The molecule has 2 N–H and O–H groups in total. The molecule has 21 heavy (non-hydrogen) atoms. The number of nitrogens with zero attached hydrogens (tertiary/aromatic N) is 3. The van der Waals surface area contributed by atoms with Gasteiger partial charge in [-0.2, -0.15) is 5.10 Å². The molecule has 7 heteroatoms. The summed E-state index contributed by atoms with van der Waals surface area (Å²) in [5.74, 6) is 0.585. The first-order chi connectivity index (χ1) is 10.3. The zero-order valence-corrected chi connectivity index (χ0v) is 11.7. The average Bonchev–Trinajstić information content (AvgIpc) is 3.19. The van der Waals surface area contributed by atoms with Crippen LogP contribution in [-0.4, -0.2) is 70.3 Å². The number of hydrogen-bond donors (Lipinski definition) is 2. The van der Waals surface area contributed by atoms with Crippen molar-refractivity contribution in [2.75, 3.05) is 39.3 Å². The second-order valence-corrected chi connectivity index (χ2v) is 5.00. The minimum absolute atomic E-state index is 0.0762. The number of hydrogen-bond acceptors (Lipinski definition) is 5. The van der Waals surface area contributed by atoms with E-state index < -0.39 is 0 Å². The van der Waals surface area contributed by atoms with Gasteiger partial charge in [-0.3, -0.25) is 14.8 Å². The maximum Gasteiger partial charge on any atom is 0.274 e. The summed E-state index contributed by atoms with van der Waals surface area (Å²) in [6.07, 6.45) is 1.58. The molecule has 0 atom stereocenters. The largest absolute Gasteiger partial charge is 0.463 e. The van der Waals surface area contributed by atoms with E-state index in [4.69, 9.17) is 9.52 Å². The minimum atomic E-state index is -0.0762. The van der Waals surface area contributed by atoms with Crippen molar-refractivity contribution in [1.29, 1.82) is 0 Å². The summed E-state index contributed by atoms with van der Waals surface area (Å²) in [6.45, 7) is 3.68. The van der Waals surface area contributed by atoms with E-state index in [9.17, 15) is 4.79 Å². The van der Waals surface area contributed by atoms with Crippen LogP contribution in [0.1, 0.15) is 10.5 Å². The van der Waals surface area contributed by atoms with Gasteiger partial charge in [0.1, 0.15) is 5.69 Å². The van der Waals surface area contributed by atoms with E-state index in [0.717, 1.165) is 13.1 Å². The fourth-order valence-electron chi connectivity index (χ4n) is 2.47. The predicted molar refractivity (Wildman–Crippen MR) is 75.7 cm³/mol. The number of carbonyl (C=O) groups excluding carboxylic acids is 1. The predicted octanol–water partition coefficient (Wildman–Crippen LogP) is 0.420. The van der Waals surface area contributed by atoms with Crippen molar-refractivity contribution >= 4 is 5.91 Å². The Labute approximate surface area is 122 Å². The van der Waals surface area contributed by atoms with E-state index in [1.54, 1.807) is 23.3 Å².